The van der Waals surface area contributed by atoms with Crippen molar-refractivity contribution >= 4 is 34.2 Å². The van der Waals surface area contributed by atoms with Crippen molar-refractivity contribution in [2.24, 2.45) is 0 Å². The molecule has 0 saturated heterocycles. The monoisotopic (exact) mass is 359 g/mol. The van der Waals surface area contributed by atoms with Crippen LogP contribution in [0.2, 0.25) is 0 Å². The molecule has 1 aromatic rings. The number of rotatable bonds is 2. The van der Waals surface area contributed by atoms with Crippen LogP contribution in [0.5, 0.6) is 0 Å². The number of ether oxygens (including phenoxy) is 1. The largest absolute Gasteiger partial charge is 0.459 e. The number of nitrogens with two attached hydrogens (primary N) is 1. The smallest absolute Gasteiger partial charge is 0.340 e. The van der Waals surface area contributed by atoms with Crippen LogP contribution in [-0.4, -0.2) is 12.1 Å². The molecule has 0 aliphatic heterocycles. The molecule has 2 rings (SSSR count). The fourth-order valence-electron chi connectivity index (χ4n) is 2.28. The number of hydrogen-bond donors (Lipinski definition) is 1. The van der Waals surface area contributed by atoms with Crippen LogP contribution in [0.4, 0.5) is 5.69 Å². The summed E-state index contributed by atoms with van der Waals surface area (Å²) in [6, 6.07) is 5.43. The van der Waals surface area contributed by atoms with Crippen LogP contribution < -0.4 is 5.73 Å². The average Bonchev–Trinajstić information content (AvgIpc) is 2.61. The Morgan fingerprint density at radius 3 is 2.56 bits per heavy atom. The number of benzene rings is 1. The summed E-state index contributed by atoms with van der Waals surface area (Å²) in [5, 5.41) is 0. The summed E-state index contributed by atoms with van der Waals surface area (Å²) in [5.74, 6) is -0.280. The first-order valence-corrected chi connectivity index (χ1v) is 7.50. The maximum atomic E-state index is 12.1. The lowest BCUT2D eigenvalue weighted by Gasteiger charge is -2.16. The highest BCUT2D eigenvalue weighted by molar-refractivity contribution is 14.1. The molecule has 1 aliphatic rings. The molecule has 98 valence electrons. The average molecular weight is 359 g/mol. The van der Waals surface area contributed by atoms with Crippen molar-refractivity contribution in [3.05, 3.63) is 27.3 Å². The van der Waals surface area contributed by atoms with Gasteiger partial charge in [0.25, 0.3) is 0 Å². The molecule has 0 atom stereocenters. The fraction of sp³-hybridized carbons (Fsp3) is 0.500. The lowest BCUT2D eigenvalue weighted by Crippen LogP contribution is -2.18. The van der Waals surface area contributed by atoms with E-state index in [1.165, 1.54) is 12.8 Å². The van der Waals surface area contributed by atoms with Crippen LogP contribution in [0.15, 0.2) is 18.2 Å². The van der Waals surface area contributed by atoms with Crippen LogP contribution in [0.1, 0.15) is 48.9 Å². The second-order valence-corrected chi connectivity index (χ2v) is 6.00. The Kier molecular flexibility index (Phi) is 4.86. The predicted molar refractivity (Wildman–Crippen MR) is 80.5 cm³/mol. The van der Waals surface area contributed by atoms with Gasteiger partial charge in [-0.05, 0) is 66.5 Å². The lowest BCUT2D eigenvalue weighted by molar-refractivity contribution is 0.0268. The molecule has 0 heterocycles. The second kappa shape index (κ2) is 6.41. The zero-order valence-electron chi connectivity index (χ0n) is 10.3. The van der Waals surface area contributed by atoms with E-state index in [0.29, 0.717) is 11.3 Å². The van der Waals surface area contributed by atoms with Gasteiger partial charge in [0.1, 0.15) is 6.10 Å². The SMILES string of the molecule is Nc1ccc(I)cc1C(=O)OC1CCCCCC1. The molecular weight excluding hydrogens is 341 g/mol. The van der Waals surface area contributed by atoms with Crippen molar-refractivity contribution in [2.75, 3.05) is 5.73 Å². The number of carbonyl (C=O) groups is 1. The van der Waals surface area contributed by atoms with Crippen LogP contribution in [-0.2, 0) is 4.74 Å². The van der Waals surface area contributed by atoms with E-state index in [2.05, 4.69) is 22.6 Å². The maximum Gasteiger partial charge on any atom is 0.340 e. The number of anilines is 1. The van der Waals surface area contributed by atoms with Gasteiger partial charge in [0, 0.05) is 9.26 Å². The Morgan fingerprint density at radius 2 is 1.89 bits per heavy atom. The Morgan fingerprint density at radius 1 is 1.22 bits per heavy atom. The van der Waals surface area contributed by atoms with E-state index < -0.39 is 0 Å². The summed E-state index contributed by atoms with van der Waals surface area (Å²) in [6.07, 6.45) is 6.83. The van der Waals surface area contributed by atoms with Crippen LogP contribution >= 0.6 is 22.6 Å². The Hall–Kier alpha value is -0.780. The van der Waals surface area contributed by atoms with Crippen molar-refractivity contribution in [1.82, 2.24) is 0 Å². The van der Waals surface area contributed by atoms with Gasteiger partial charge in [-0.2, -0.15) is 0 Å². The molecule has 0 spiro atoms. The summed E-state index contributed by atoms with van der Waals surface area (Å²) >= 11 is 2.17. The van der Waals surface area contributed by atoms with E-state index >= 15 is 0 Å². The predicted octanol–water partition coefficient (Wildman–Crippen LogP) is 3.75. The quantitative estimate of drug-likeness (QED) is 0.379. The van der Waals surface area contributed by atoms with Gasteiger partial charge in [-0.25, -0.2) is 4.79 Å². The molecule has 0 unspecified atom stereocenters. The van der Waals surface area contributed by atoms with E-state index in [0.717, 1.165) is 29.3 Å². The highest BCUT2D eigenvalue weighted by Gasteiger charge is 2.19. The van der Waals surface area contributed by atoms with Gasteiger partial charge in [-0.3, -0.25) is 0 Å². The standard InChI is InChI=1S/C14H18INO2/c15-10-7-8-13(16)12(9-10)14(17)18-11-5-3-1-2-4-6-11/h7-9,11H,1-6,16H2. The van der Waals surface area contributed by atoms with Gasteiger partial charge in [0.2, 0.25) is 0 Å². The van der Waals surface area contributed by atoms with E-state index in [-0.39, 0.29) is 12.1 Å². The normalized spacial score (nSPS) is 17.2. The minimum Gasteiger partial charge on any atom is -0.459 e. The van der Waals surface area contributed by atoms with Crippen LogP contribution in [0, 0.1) is 3.57 Å². The van der Waals surface area contributed by atoms with E-state index in [9.17, 15) is 4.79 Å². The second-order valence-electron chi connectivity index (χ2n) is 4.75. The van der Waals surface area contributed by atoms with Crippen molar-refractivity contribution in [1.29, 1.82) is 0 Å². The zero-order chi connectivity index (χ0) is 13.0. The molecular formula is C14H18INO2. The summed E-state index contributed by atoms with van der Waals surface area (Å²) in [4.78, 5) is 12.1. The van der Waals surface area contributed by atoms with Gasteiger partial charge >= 0.3 is 5.97 Å². The molecule has 0 aromatic heterocycles. The summed E-state index contributed by atoms with van der Waals surface area (Å²) in [5.41, 5.74) is 6.81. The maximum absolute atomic E-state index is 12.1. The van der Waals surface area contributed by atoms with Crippen molar-refractivity contribution in [3.8, 4) is 0 Å². The van der Waals surface area contributed by atoms with Gasteiger partial charge in [0.15, 0.2) is 0 Å². The number of esters is 1. The molecule has 1 aromatic carbocycles. The number of halogens is 1. The first-order valence-electron chi connectivity index (χ1n) is 6.43. The van der Waals surface area contributed by atoms with E-state index in [1.54, 1.807) is 12.1 Å². The summed E-state index contributed by atoms with van der Waals surface area (Å²) < 4.78 is 6.57. The third kappa shape index (κ3) is 3.60. The molecule has 0 bridgehead atoms. The molecule has 0 radical (unpaired) electrons. The molecule has 1 saturated carbocycles. The van der Waals surface area contributed by atoms with E-state index in [1.807, 2.05) is 6.07 Å². The third-order valence-electron chi connectivity index (χ3n) is 3.31. The van der Waals surface area contributed by atoms with Gasteiger partial charge in [-0.1, -0.05) is 12.8 Å². The minimum absolute atomic E-state index is 0.0669. The Balaban J connectivity index is 2.04. The van der Waals surface area contributed by atoms with Gasteiger partial charge in [-0.15, -0.1) is 0 Å². The Bertz CT molecular complexity index is 426. The summed E-state index contributed by atoms with van der Waals surface area (Å²) in [6.45, 7) is 0. The highest BCUT2D eigenvalue weighted by atomic mass is 127. The zero-order valence-corrected chi connectivity index (χ0v) is 12.5. The van der Waals surface area contributed by atoms with Crippen LogP contribution in [0.25, 0.3) is 0 Å². The lowest BCUT2D eigenvalue weighted by atomic mass is 10.1. The molecule has 1 aliphatic carbocycles. The van der Waals surface area contributed by atoms with Crippen LogP contribution in [0.3, 0.4) is 0 Å². The topological polar surface area (TPSA) is 52.3 Å². The molecule has 0 amide bonds. The van der Waals surface area contributed by atoms with Crippen molar-refractivity contribution in [3.63, 3.8) is 0 Å². The van der Waals surface area contributed by atoms with Crippen molar-refractivity contribution in [2.45, 2.75) is 44.6 Å². The summed E-state index contributed by atoms with van der Waals surface area (Å²) in [7, 11) is 0. The third-order valence-corrected chi connectivity index (χ3v) is 3.98. The molecule has 2 N–H and O–H groups in total. The van der Waals surface area contributed by atoms with Crippen molar-refractivity contribution < 1.29 is 9.53 Å². The van der Waals surface area contributed by atoms with Gasteiger partial charge < -0.3 is 10.5 Å². The first-order chi connectivity index (χ1) is 8.66. The molecule has 18 heavy (non-hydrogen) atoms. The van der Waals surface area contributed by atoms with E-state index in [4.69, 9.17) is 10.5 Å². The minimum atomic E-state index is -0.280. The molecule has 1 fully saturated rings. The van der Waals surface area contributed by atoms with Gasteiger partial charge in [0.05, 0.1) is 5.56 Å². The Labute approximate surface area is 121 Å². The molecule has 3 nitrogen and oxygen atoms in total. The number of nitrogen functional groups attached to an aromatic ring is 1. The molecule has 4 heteroatoms. The number of hydrogen-bond acceptors (Lipinski definition) is 3. The fourth-order valence-corrected chi connectivity index (χ4v) is 2.77. The number of carbonyl (C=O) groups excluding carboxylic acids is 1. The highest BCUT2D eigenvalue weighted by Crippen LogP contribution is 2.23. The first kappa shape index (κ1) is 13.6.